The number of rotatable bonds is 7. The Balaban J connectivity index is 1.45. The van der Waals surface area contributed by atoms with Crippen molar-refractivity contribution in [3.63, 3.8) is 0 Å². The molecule has 0 bridgehead atoms. The average molecular weight is 502 g/mol. The number of ether oxygens (including phenoxy) is 2. The largest absolute Gasteiger partial charge is 0.486 e. The van der Waals surface area contributed by atoms with Gasteiger partial charge >= 0.3 is 5.97 Å². The lowest BCUT2D eigenvalue weighted by atomic mass is 9.92. The Morgan fingerprint density at radius 2 is 2.03 bits per heavy atom. The number of methoxy groups -OCH3 is 1. The molecule has 1 aliphatic rings. The first-order valence-corrected chi connectivity index (χ1v) is 11.6. The van der Waals surface area contributed by atoms with Gasteiger partial charge in [-0.25, -0.2) is 14.9 Å². The van der Waals surface area contributed by atoms with Crippen LogP contribution in [0.25, 0.3) is 22.2 Å². The number of carbonyl (C=O) groups excluding carboxylic acids is 2. The minimum atomic E-state index is -1.35. The SMILES string of the molecule is COC(=O)[C@@]1(c2ccc(OCc3cc(-c4cccnc4)nc4ccc(C)cc34)c(F)c2)C[C@@H]1C(=O)NO. The summed E-state index contributed by atoms with van der Waals surface area (Å²) in [5.41, 5.74) is 4.72. The highest BCUT2D eigenvalue weighted by atomic mass is 19.1. The number of hydrogen-bond donors (Lipinski definition) is 2. The molecule has 4 aromatic rings. The second-order valence-electron chi connectivity index (χ2n) is 9.06. The summed E-state index contributed by atoms with van der Waals surface area (Å²) in [4.78, 5) is 33.4. The van der Waals surface area contributed by atoms with Crippen molar-refractivity contribution in [2.24, 2.45) is 5.92 Å². The number of nitrogens with one attached hydrogen (secondary N) is 1. The van der Waals surface area contributed by atoms with E-state index in [1.165, 1.54) is 25.3 Å². The van der Waals surface area contributed by atoms with Crippen LogP contribution in [0.4, 0.5) is 4.39 Å². The summed E-state index contributed by atoms with van der Waals surface area (Å²) in [7, 11) is 1.20. The Bertz CT molecular complexity index is 1510. The van der Waals surface area contributed by atoms with Gasteiger partial charge in [0.05, 0.1) is 24.2 Å². The molecule has 9 heteroatoms. The fraction of sp³-hybridized carbons (Fsp3) is 0.214. The van der Waals surface area contributed by atoms with Crippen molar-refractivity contribution in [1.82, 2.24) is 15.4 Å². The fourth-order valence-corrected chi connectivity index (χ4v) is 4.74. The molecule has 1 fully saturated rings. The molecule has 2 aromatic carbocycles. The molecule has 2 N–H and O–H groups in total. The van der Waals surface area contributed by atoms with Gasteiger partial charge in [0.2, 0.25) is 5.91 Å². The number of aromatic nitrogens is 2. The molecular weight excluding hydrogens is 477 g/mol. The van der Waals surface area contributed by atoms with Crippen molar-refractivity contribution in [3.05, 3.63) is 89.5 Å². The van der Waals surface area contributed by atoms with E-state index in [1.54, 1.807) is 17.9 Å². The van der Waals surface area contributed by atoms with Gasteiger partial charge in [-0.2, -0.15) is 0 Å². The van der Waals surface area contributed by atoms with Gasteiger partial charge in [0.15, 0.2) is 11.6 Å². The van der Waals surface area contributed by atoms with E-state index in [9.17, 15) is 9.59 Å². The summed E-state index contributed by atoms with van der Waals surface area (Å²) in [5, 5.41) is 9.88. The zero-order valence-electron chi connectivity index (χ0n) is 20.2. The second-order valence-corrected chi connectivity index (χ2v) is 9.06. The predicted molar refractivity (Wildman–Crippen MR) is 132 cm³/mol. The van der Waals surface area contributed by atoms with Crippen LogP contribution >= 0.6 is 0 Å². The Morgan fingerprint density at radius 3 is 2.73 bits per heavy atom. The molecular formula is C28H24FN3O5. The normalized spacial score (nSPS) is 18.3. The van der Waals surface area contributed by atoms with E-state index in [-0.39, 0.29) is 24.3 Å². The fourth-order valence-electron chi connectivity index (χ4n) is 4.74. The van der Waals surface area contributed by atoms with Gasteiger partial charge in [-0.05, 0) is 61.4 Å². The lowest BCUT2D eigenvalue weighted by Crippen LogP contribution is -2.31. The van der Waals surface area contributed by atoms with Gasteiger partial charge < -0.3 is 9.47 Å². The number of amides is 1. The third-order valence-corrected chi connectivity index (χ3v) is 6.77. The maximum atomic E-state index is 15.2. The van der Waals surface area contributed by atoms with Gasteiger partial charge in [-0.15, -0.1) is 0 Å². The third-order valence-electron chi connectivity index (χ3n) is 6.77. The number of carbonyl (C=O) groups is 2. The number of fused-ring (bicyclic) bond motifs is 1. The first kappa shape index (κ1) is 24.3. The lowest BCUT2D eigenvalue weighted by Gasteiger charge is -2.17. The number of esters is 1. The molecule has 5 rings (SSSR count). The monoisotopic (exact) mass is 501 g/mol. The molecule has 2 heterocycles. The smallest absolute Gasteiger partial charge is 0.317 e. The van der Waals surface area contributed by atoms with E-state index >= 15 is 4.39 Å². The van der Waals surface area contributed by atoms with Gasteiger partial charge in [0.25, 0.3) is 0 Å². The third kappa shape index (κ3) is 4.38. The van der Waals surface area contributed by atoms with E-state index < -0.39 is 29.0 Å². The first-order valence-electron chi connectivity index (χ1n) is 11.6. The van der Waals surface area contributed by atoms with E-state index in [1.807, 2.05) is 43.3 Å². The van der Waals surface area contributed by atoms with Crippen LogP contribution in [0.5, 0.6) is 5.75 Å². The average Bonchev–Trinajstić information content (AvgIpc) is 3.69. The van der Waals surface area contributed by atoms with E-state index in [2.05, 4.69) is 4.98 Å². The van der Waals surface area contributed by atoms with Gasteiger partial charge in [0, 0.05) is 28.9 Å². The van der Waals surface area contributed by atoms with Crippen LogP contribution in [0, 0.1) is 18.7 Å². The van der Waals surface area contributed by atoms with Gasteiger partial charge in [0.1, 0.15) is 12.0 Å². The van der Waals surface area contributed by atoms with Crippen LogP contribution in [0.15, 0.2) is 67.0 Å². The van der Waals surface area contributed by atoms with E-state index in [0.717, 1.165) is 33.3 Å². The molecule has 2 atom stereocenters. The van der Waals surface area contributed by atoms with Crippen LogP contribution in [-0.4, -0.2) is 34.2 Å². The van der Waals surface area contributed by atoms with Crippen LogP contribution < -0.4 is 10.2 Å². The number of hydroxylamine groups is 1. The minimum Gasteiger partial charge on any atom is -0.486 e. The molecule has 8 nitrogen and oxygen atoms in total. The molecule has 0 unspecified atom stereocenters. The summed E-state index contributed by atoms with van der Waals surface area (Å²) in [5.74, 6) is -2.94. The second kappa shape index (κ2) is 9.59. The summed E-state index contributed by atoms with van der Waals surface area (Å²) >= 11 is 0. The van der Waals surface area contributed by atoms with Gasteiger partial charge in [-0.1, -0.05) is 17.7 Å². The van der Waals surface area contributed by atoms with Crippen molar-refractivity contribution >= 4 is 22.8 Å². The van der Waals surface area contributed by atoms with Crippen molar-refractivity contribution in [2.45, 2.75) is 25.4 Å². The molecule has 1 saturated carbocycles. The summed E-state index contributed by atoms with van der Waals surface area (Å²) in [6.45, 7) is 2.06. The molecule has 1 amide bonds. The van der Waals surface area contributed by atoms with E-state index in [0.29, 0.717) is 0 Å². The van der Waals surface area contributed by atoms with Crippen molar-refractivity contribution < 1.29 is 28.7 Å². The minimum absolute atomic E-state index is 0.00637. The zero-order chi connectivity index (χ0) is 26.2. The van der Waals surface area contributed by atoms with Crippen LogP contribution in [0.1, 0.15) is 23.1 Å². The predicted octanol–water partition coefficient (Wildman–Crippen LogP) is 4.26. The summed E-state index contributed by atoms with van der Waals surface area (Å²) < 4.78 is 25.9. The first-order chi connectivity index (χ1) is 17.9. The Hall–Kier alpha value is -4.37. The standard InChI is InChI=1S/C28H24FN3O5/c1-16-5-7-23-20(10-16)18(11-24(31-23)17-4-3-9-30-14-17)15-37-25-8-6-19(12-22(25)29)28(27(34)36-2)13-21(28)26(33)32-35/h3-12,14,21,35H,13,15H2,1-2H3,(H,32,33)/t21-,28-/m1/s1. The van der Waals surface area contributed by atoms with Gasteiger partial charge in [-0.3, -0.25) is 19.8 Å². The number of hydrogen-bond acceptors (Lipinski definition) is 7. The zero-order valence-corrected chi connectivity index (χ0v) is 20.2. The Labute approximate surface area is 212 Å². The molecule has 0 spiro atoms. The molecule has 0 aliphatic heterocycles. The topological polar surface area (TPSA) is 111 Å². The molecule has 188 valence electrons. The molecule has 0 saturated heterocycles. The quantitative estimate of drug-likeness (QED) is 0.221. The summed E-state index contributed by atoms with van der Waals surface area (Å²) in [6, 6.07) is 15.7. The summed E-state index contributed by atoms with van der Waals surface area (Å²) in [6.07, 6.45) is 3.52. The maximum Gasteiger partial charge on any atom is 0.317 e. The highest BCUT2D eigenvalue weighted by molar-refractivity contribution is 5.97. The van der Waals surface area contributed by atoms with Crippen molar-refractivity contribution in [1.29, 1.82) is 0 Å². The molecule has 1 aliphatic carbocycles. The molecule has 0 radical (unpaired) electrons. The number of nitrogens with zero attached hydrogens (tertiary/aromatic N) is 2. The number of benzene rings is 2. The van der Waals surface area contributed by atoms with E-state index in [4.69, 9.17) is 19.7 Å². The van der Waals surface area contributed by atoms with Crippen LogP contribution in [0.3, 0.4) is 0 Å². The Kier molecular flexibility index (Phi) is 6.31. The molecule has 37 heavy (non-hydrogen) atoms. The van der Waals surface area contributed by atoms with Crippen molar-refractivity contribution in [2.75, 3.05) is 7.11 Å². The number of pyridine rings is 2. The maximum absolute atomic E-state index is 15.2. The van der Waals surface area contributed by atoms with Crippen LogP contribution in [0.2, 0.25) is 0 Å². The number of halogens is 1. The van der Waals surface area contributed by atoms with Crippen LogP contribution in [-0.2, 0) is 26.3 Å². The Morgan fingerprint density at radius 1 is 1.19 bits per heavy atom. The highest BCUT2D eigenvalue weighted by Gasteiger charge is 2.65. The highest BCUT2D eigenvalue weighted by Crippen LogP contribution is 2.55. The number of aryl methyl sites for hydroxylation is 1. The van der Waals surface area contributed by atoms with Crippen molar-refractivity contribution in [3.8, 4) is 17.0 Å². The molecule has 2 aromatic heterocycles. The lowest BCUT2D eigenvalue weighted by molar-refractivity contribution is -0.146.